The van der Waals surface area contributed by atoms with Crippen molar-refractivity contribution >= 4 is 11.9 Å². The van der Waals surface area contributed by atoms with Crippen LogP contribution in [0.5, 0.6) is 0 Å². The first-order valence-electron chi connectivity index (χ1n) is 5.23. The molecule has 0 atom stereocenters. The largest absolute Gasteiger partial charge is 0.481 e. The van der Waals surface area contributed by atoms with E-state index in [0.717, 1.165) is 19.5 Å². The summed E-state index contributed by atoms with van der Waals surface area (Å²) in [5.74, 6) is -1.13. The van der Waals surface area contributed by atoms with Gasteiger partial charge in [0.2, 0.25) is 5.91 Å². The zero-order valence-corrected chi connectivity index (χ0v) is 9.45. The Hall–Kier alpha value is -1.10. The minimum absolute atomic E-state index is 0.0623. The van der Waals surface area contributed by atoms with Gasteiger partial charge in [0.25, 0.3) is 0 Å². The second-order valence-corrected chi connectivity index (χ2v) is 3.55. The number of rotatable bonds is 8. The molecule has 0 aliphatic heterocycles. The maximum atomic E-state index is 11.1. The summed E-state index contributed by atoms with van der Waals surface area (Å²) < 4.78 is 0. The van der Waals surface area contributed by atoms with Gasteiger partial charge in [0.05, 0.1) is 6.42 Å². The van der Waals surface area contributed by atoms with Crippen LogP contribution >= 0.6 is 0 Å². The van der Waals surface area contributed by atoms with E-state index in [1.807, 2.05) is 7.05 Å². The minimum Gasteiger partial charge on any atom is -0.481 e. The molecule has 0 unspecified atom stereocenters. The lowest BCUT2D eigenvalue weighted by Crippen LogP contribution is -2.33. The number of carbonyl (C=O) groups is 2. The van der Waals surface area contributed by atoms with Crippen LogP contribution in [0.25, 0.3) is 0 Å². The van der Waals surface area contributed by atoms with Crippen LogP contribution < -0.4 is 5.32 Å². The molecule has 0 aliphatic carbocycles. The molecule has 0 aromatic carbocycles. The van der Waals surface area contributed by atoms with E-state index in [1.165, 1.54) is 0 Å². The highest BCUT2D eigenvalue weighted by Crippen LogP contribution is 1.89. The fourth-order valence-corrected chi connectivity index (χ4v) is 1.19. The van der Waals surface area contributed by atoms with Crippen LogP contribution in [0.3, 0.4) is 0 Å². The van der Waals surface area contributed by atoms with E-state index in [-0.39, 0.29) is 18.7 Å². The van der Waals surface area contributed by atoms with Crippen molar-refractivity contribution in [2.24, 2.45) is 0 Å². The molecule has 0 spiro atoms. The summed E-state index contributed by atoms with van der Waals surface area (Å²) in [5.41, 5.74) is 0. The summed E-state index contributed by atoms with van der Waals surface area (Å²) in [5, 5.41) is 11.0. The summed E-state index contributed by atoms with van der Waals surface area (Å²) in [4.78, 5) is 23.4. The van der Waals surface area contributed by atoms with Crippen molar-refractivity contribution < 1.29 is 14.7 Å². The number of likely N-dealkylation sites (N-methyl/N-ethyl adjacent to an activating group) is 1. The van der Waals surface area contributed by atoms with Gasteiger partial charge >= 0.3 is 5.97 Å². The van der Waals surface area contributed by atoms with E-state index >= 15 is 0 Å². The van der Waals surface area contributed by atoms with Gasteiger partial charge in [-0.1, -0.05) is 6.92 Å². The number of carboxylic acid groups (broad SMARTS) is 1. The zero-order chi connectivity index (χ0) is 11.7. The molecule has 2 N–H and O–H groups in total. The molecule has 88 valence electrons. The number of aliphatic carboxylic acids is 1. The maximum Gasteiger partial charge on any atom is 0.303 e. The number of nitrogens with zero attached hydrogens (tertiary/aromatic N) is 1. The molecule has 0 fully saturated rings. The van der Waals surface area contributed by atoms with Gasteiger partial charge in [-0.2, -0.15) is 0 Å². The van der Waals surface area contributed by atoms with E-state index in [0.29, 0.717) is 6.54 Å². The van der Waals surface area contributed by atoms with E-state index in [4.69, 9.17) is 5.11 Å². The Morgan fingerprint density at radius 3 is 2.47 bits per heavy atom. The van der Waals surface area contributed by atoms with Crippen molar-refractivity contribution in [2.75, 3.05) is 26.7 Å². The maximum absolute atomic E-state index is 11.1. The molecule has 15 heavy (non-hydrogen) atoms. The number of hydrogen-bond acceptors (Lipinski definition) is 3. The molecular formula is C10H20N2O3. The first-order chi connectivity index (χ1) is 7.06. The molecule has 0 radical (unpaired) electrons. The van der Waals surface area contributed by atoms with E-state index in [1.54, 1.807) is 0 Å². The summed E-state index contributed by atoms with van der Waals surface area (Å²) in [6, 6.07) is 0. The van der Waals surface area contributed by atoms with Gasteiger partial charge in [0.15, 0.2) is 0 Å². The van der Waals surface area contributed by atoms with Crippen molar-refractivity contribution in [1.29, 1.82) is 0 Å². The highest BCUT2D eigenvalue weighted by atomic mass is 16.4. The van der Waals surface area contributed by atoms with Gasteiger partial charge in [0, 0.05) is 19.5 Å². The highest BCUT2D eigenvalue weighted by Gasteiger charge is 2.04. The lowest BCUT2D eigenvalue weighted by Gasteiger charge is -2.15. The van der Waals surface area contributed by atoms with Crippen molar-refractivity contribution in [1.82, 2.24) is 10.2 Å². The van der Waals surface area contributed by atoms with E-state index < -0.39 is 5.97 Å². The third kappa shape index (κ3) is 9.21. The Balaban J connectivity index is 3.42. The minimum atomic E-state index is -0.937. The predicted octanol–water partition coefficient (Wildman–Crippen LogP) is 0.309. The van der Waals surface area contributed by atoms with Crippen molar-refractivity contribution in [3.8, 4) is 0 Å². The standard InChI is InChI=1S/C10H20N2O3/c1-3-7-12(2)8-6-11-9(13)4-5-10(14)15/h3-8H2,1-2H3,(H,11,13)(H,14,15). The van der Waals surface area contributed by atoms with Gasteiger partial charge in [-0.05, 0) is 20.0 Å². The predicted molar refractivity (Wildman–Crippen MR) is 57.7 cm³/mol. The van der Waals surface area contributed by atoms with Crippen LogP contribution in [-0.2, 0) is 9.59 Å². The first kappa shape index (κ1) is 13.9. The number of carboxylic acids is 1. The molecule has 0 saturated carbocycles. The molecule has 5 nitrogen and oxygen atoms in total. The molecule has 0 aliphatic rings. The van der Waals surface area contributed by atoms with Gasteiger partial charge in [-0.3, -0.25) is 9.59 Å². The summed E-state index contributed by atoms with van der Waals surface area (Å²) in [6.45, 7) is 4.48. The topological polar surface area (TPSA) is 69.6 Å². The second-order valence-electron chi connectivity index (χ2n) is 3.55. The fourth-order valence-electron chi connectivity index (χ4n) is 1.19. The molecule has 0 rings (SSSR count). The quantitative estimate of drug-likeness (QED) is 0.612. The van der Waals surface area contributed by atoms with Gasteiger partial charge in [-0.15, -0.1) is 0 Å². The molecule has 0 bridgehead atoms. The van der Waals surface area contributed by atoms with E-state index in [9.17, 15) is 9.59 Å². The lowest BCUT2D eigenvalue weighted by molar-refractivity contribution is -0.138. The van der Waals surface area contributed by atoms with Crippen LogP contribution in [0.1, 0.15) is 26.2 Å². The number of carbonyl (C=O) groups excluding carboxylic acids is 1. The summed E-state index contributed by atoms with van der Waals surface area (Å²) in [6.07, 6.45) is 1.05. The molecule has 0 saturated heterocycles. The molecule has 5 heteroatoms. The Labute approximate surface area is 90.5 Å². The van der Waals surface area contributed by atoms with Crippen molar-refractivity contribution in [3.63, 3.8) is 0 Å². The lowest BCUT2D eigenvalue weighted by atomic mass is 10.3. The Kier molecular flexibility index (Phi) is 7.62. The third-order valence-electron chi connectivity index (χ3n) is 1.99. The Morgan fingerprint density at radius 2 is 1.93 bits per heavy atom. The third-order valence-corrected chi connectivity index (χ3v) is 1.99. The van der Waals surface area contributed by atoms with Crippen LogP contribution in [0.15, 0.2) is 0 Å². The molecule has 0 aromatic rings. The Morgan fingerprint density at radius 1 is 1.27 bits per heavy atom. The fraction of sp³-hybridized carbons (Fsp3) is 0.800. The van der Waals surface area contributed by atoms with Crippen LogP contribution in [0.4, 0.5) is 0 Å². The van der Waals surface area contributed by atoms with Crippen molar-refractivity contribution in [3.05, 3.63) is 0 Å². The monoisotopic (exact) mass is 216 g/mol. The van der Waals surface area contributed by atoms with Gasteiger partial charge in [0.1, 0.15) is 0 Å². The van der Waals surface area contributed by atoms with Gasteiger partial charge < -0.3 is 15.3 Å². The normalized spacial score (nSPS) is 10.3. The average Bonchev–Trinajstić information content (AvgIpc) is 2.15. The highest BCUT2D eigenvalue weighted by molar-refractivity contribution is 5.80. The van der Waals surface area contributed by atoms with Crippen LogP contribution in [-0.4, -0.2) is 48.6 Å². The smallest absolute Gasteiger partial charge is 0.303 e. The Bertz CT molecular complexity index is 207. The first-order valence-corrected chi connectivity index (χ1v) is 5.23. The number of nitrogens with one attached hydrogen (secondary N) is 1. The summed E-state index contributed by atoms with van der Waals surface area (Å²) >= 11 is 0. The van der Waals surface area contributed by atoms with Crippen LogP contribution in [0.2, 0.25) is 0 Å². The van der Waals surface area contributed by atoms with Gasteiger partial charge in [-0.25, -0.2) is 0 Å². The SMILES string of the molecule is CCCN(C)CCNC(=O)CCC(=O)O. The molecule has 0 heterocycles. The zero-order valence-electron chi connectivity index (χ0n) is 9.45. The van der Waals surface area contributed by atoms with Crippen LogP contribution in [0, 0.1) is 0 Å². The van der Waals surface area contributed by atoms with Crippen molar-refractivity contribution in [2.45, 2.75) is 26.2 Å². The summed E-state index contributed by atoms with van der Waals surface area (Å²) in [7, 11) is 1.99. The second kappa shape index (κ2) is 8.23. The molecule has 1 amide bonds. The average molecular weight is 216 g/mol. The van der Waals surface area contributed by atoms with E-state index in [2.05, 4.69) is 17.1 Å². The number of hydrogen-bond donors (Lipinski definition) is 2. The molecular weight excluding hydrogens is 196 g/mol. The molecule has 0 aromatic heterocycles. The number of amides is 1.